The van der Waals surface area contributed by atoms with Crippen molar-refractivity contribution < 1.29 is 14.3 Å². The lowest BCUT2D eigenvalue weighted by atomic mass is 10.1. The highest BCUT2D eigenvalue weighted by molar-refractivity contribution is 8.00. The lowest BCUT2D eigenvalue weighted by Gasteiger charge is -2.11. The summed E-state index contributed by atoms with van der Waals surface area (Å²) in [6, 6.07) is 0. The molecule has 0 spiro atoms. The van der Waals surface area contributed by atoms with Gasteiger partial charge in [0, 0.05) is 18.2 Å². The summed E-state index contributed by atoms with van der Waals surface area (Å²) >= 11 is 1.41. The minimum Gasteiger partial charge on any atom is -0.462 e. The molecule has 0 aliphatic heterocycles. The van der Waals surface area contributed by atoms with Crippen molar-refractivity contribution in [3.63, 3.8) is 0 Å². The number of aromatic amines is 1. The molecule has 2 aromatic heterocycles. The lowest BCUT2D eigenvalue weighted by molar-refractivity contribution is 0.0525. The van der Waals surface area contributed by atoms with Crippen LogP contribution in [-0.4, -0.2) is 43.4 Å². The lowest BCUT2D eigenvalue weighted by Crippen LogP contribution is -2.17. The Morgan fingerprint density at radius 3 is 2.59 bits per heavy atom. The second-order valence-electron chi connectivity index (χ2n) is 6.83. The Bertz CT molecular complexity index is 867. The van der Waals surface area contributed by atoms with Crippen molar-refractivity contribution in [2.45, 2.75) is 70.3 Å². The molecule has 8 heteroatoms. The molecule has 1 N–H and O–H groups in total. The molecule has 1 aliphatic carbocycles. The third-order valence-corrected chi connectivity index (χ3v) is 5.90. The van der Waals surface area contributed by atoms with Crippen molar-refractivity contribution in [2.75, 3.05) is 6.61 Å². The van der Waals surface area contributed by atoms with Crippen molar-refractivity contribution in [2.24, 2.45) is 0 Å². The molecule has 2 aromatic rings. The predicted molar refractivity (Wildman–Crippen MR) is 104 cm³/mol. The number of ketones is 1. The number of nitrogens with one attached hydrogen (secondary N) is 1. The SMILES string of the molecule is CCOC(=O)c1c(C)[nH]c(C(=O)[C@@H](C)Sc2nnc(C3CC3)n2CC)c1C. The fraction of sp³-hybridized carbons (Fsp3) is 0.579. The average molecular weight is 391 g/mol. The highest BCUT2D eigenvalue weighted by Crippen LogP contribution is 2.40. The van der Waals surface area contributed by atoms with Gasteiger partial charge in [-0.25, -0.2) is 4.79 Å². The second-order valence-corrected chi connectivity index (χ2v) is 8.14. The van der Waals surface area contributed by atoms with Crippen LogP contribution in [-0.2, 0) is 11.3 Å². The van der Waals surface area contributed by atoms with Crippen LogP contribution in [0.25, 0.3) is 0 Å². The summed E-state index contributed by atoms with van der Waals surface area (Å²) < 4.78 is 7.20. The third kappa shape index (κ3) is 3.81. The highest BCUT2D eigenvalue weighted by atomic mass is 32.2. The topological polar surface area (TPSA) is 89.9 Å². The maximum atomic E-state index is 13.0. The molecule has 0 aromatic carbocycles. The van der Waals surface area contributed by atoms with Crippen molar-refractivity contribution >= 4 is 23.5 Å². The number of carbonyl (C=O) groups excluding carboxylic acids is 2. The van der Waals surface area contributed by atoms with Crippen LogP contribution in [0.15, 0.2) is 5.16 Å². The number of nitrogens with zero attached hydrogens (tertiary/aromatic N) is 3. The monoisotopic (exact) mass is 390 g/mol. The number of aromatic nitrogens is 4. The molecule has 1 atom stereocenters. The number of rotatable bonds is 8. The smallest absolute Gasteiger partial charge is 0.340 e. The van der Waals surface area contributed by atoms with Gasteiger partial charge in [0.15, 0.2) is 10.9 Å². The molecular weight excluding hydrogens is 364 g/mol. The molecule has 0 bridgehead atoms. The quantitative estimate of drug-likeness (QED) is 0.420. The first kappa shape index (κ1) is 19.7. The number of thioether (sulfide) groups is 1. The minimum atomic E-state index is -0.400. The van der Waals surface area contributed by atoms with Gasteiger partial charge in [-0.05, 0) is 53.0 Å². The number of H-pyrrole nitrogens is 1. The van der Waals surface area contributed by atoms with E-state index < -0.39 is 5.97 Å². The van der Waals surface area contributed by atoms with Crippen LogP contribution in [0.3, 0.4) is 0 Å². The van der Waals surface area contributed by atoms with E-state index in [0.717, 1.165) is 30.4 Å². The maximum absolute atomic E-state index is 13.0. The molecule has 27 heavy (non-hydrogen) atoms. The summed E-state index contributed by atoms with van der Waals surface area (Å²) in [6.07, 6.45) is 2.32. The molecular formula is C19H26N4O3S. The average Bonchev–Trinajstić information content (AvgIpc) is 3.33. The van der Waals surface area contributed by atoms with Gasteiger partial charge in [-0.3, -0.25) is 4.79 Å². The third-order valence-electron chi connectivity index (χ3n) is 4.82. The summed E-state index contributed by atoms with van der Waals surface area (Å²) in [4.78, 5) is 28.2. The second kappa shape index (κ2) is 7.88. The van der Waals surface area contributed by atoms with Gasteiger partial charge in [-0.2, -0.15) is 0 Å². The molecule has 1 saturated carbocycles. The zero-order chi connectivity index (χ0) is 19.7. The Hall–Kier alpha value is -2.09. The van der Waals surface area contributed by atoms with Crippen LogP contribution >= 0.6 is 11.8 Å². The molecule has 146 valence electrons. The van der Waals surface area contributed by atoms with Crippen LogP contribution in [0.5, 0.6) is 0 Å². The minimum absolute atomic E-state index is 0.0604. The normalized spacial score (nSPS) is 15.0. The van der Waals surface area contributed by atoms with Gasteiger partial charge in [0.1, 0.15) is 5.82 Å². The summed E-state index contributed by atoms with van der Waals surface area (Å²) in [5.41, 5.74) is 2.20. The summed E-state index contributed by atoms with van der Waals surface area (Å²) in [7, 11) is 0. The van der Waals surface area contributed by atoms with Gasteiger partial charge in [0.25, 0.3) is 0 Å². The standard InChI is InChI=1S/C19H26N4O3S/c1-6-23-17(13-8-9-13)21-22-19(23)27-12(5)16(24)15-10(3)14(11(4)20-15)18(25)26-7-2/h12-13,20H,6-9H2,1-5H3/t12-/m1/s1. The number of aryl methyl sites for hydroxylation is 1. The van der Waals surface area contributed by atoms with E-state index in [2.05, 4.69) is 26.7 Å². The van der Waals surface area contributed by atoms with E-state index in [1.54, 1.807) is 20.8 Å². The molecule has 0 radical (unpaired) electrons. The first-order valence-electron chi connectivity index (χ1n) is 9.39. The number of carbonyl (C=O) groups is 2. The molecule has 3 rings (SSSR count). The Labute approximate surface area is 163 Å². The van der Waals surface area contributed by atoms with Gasteiger partial charge in [0.05, 0.1) is 23.1 Å². The largest absolute Gasteiger partial charge is 0.462 e. The van der Waals surface area contributed by atoms with E-state index in [1.807, 2.05) is 6.92 Å². The van der Waals surface area contributed by atoms with Crippen LogP contribution in [0, 0.1) is 13.8 Å². The molecule has 0 unspecified atom stereocenters. The maximum Gasteiger partial charge on any atom is 0.340 e. The van der Waals surface area contributed by atoms with Gasteiger partial charge in [-0.15, -0.1) is 10.2 Å². The van der Waals surface area contributed by atoms with E-state index in [-0.39, 0.29) is 11.0 Å². The van der Waals surface area contributed by atoms with Gasteiger partial charge in [0.2, 0.25) is 0 Å². The zero-order valence-electron chi connectivity index (χ0n) is 16.5. The van der Waals surface area contributed by atoms with Gasteiger partial charge in [-0.1, -0.05) is 11.8 Å². The number of hydrogen-bond acceptors (Lipinski definition) is 6. The number of ether oxygens (including phenoxy) is 1. The zero-order valence-corrected chi connectivity index (χ0v) is 17.3. The molecule has 7 nitrogen and oxygen atoms in total. The van der Waals surface area contributed by atoms with Crippen LogP contribution in [0.2, 0.25) is 0 Å². The highest BCUT2D eigenvalue weighted by Gasteiger charge is 2.31. The number of Topliss-reactive ketones (excluding diaryl/α,β-unsaturated/α-hetero) is 1. The Balaban J connectivity index is 1.80. The first-order valence-corrected chi connectivity index (χ1v) is 10.3. The molecule has 0 amide bonds. The molecule has 1 fully saturated rings. The summed E-state index contributed by atoms with van der Waals surface area (Å²) in [5.74, 6) is 1.08. The van der Waals surface area contributed by atoms with E-state index in [0.29, 0.717) is 35.0 Å². The van der Waals surface area contributed by atoms with Crippen LogP contribution < -0.4 is 0 Å². The number of hydrogen-bond donors (Lipinski definition) is 1. The van der Waals surface area contributed by atoms with Crippen molar-refractivity contribution in [1.29, 1.82) is 0 Å². The van der Waals surface area contributed by atoms with Crippen LogP contribution in [0.1, 0.15) is 77.5 Å². The molecule has 2 heterocycles. The van der Waals surface area contributed by atoms with E-state index >= 15 is 0 Å². The predicted octanol–water partition coefficient (Wildman–Crippen LogP) is 3.66. The van der Waals surface area contributed by atoms with Crippen molar-refractivity contribution in [3.8, 4) is 0 Å². The summed E-state index contributed by atoms with van der Waals surface area (Å²) in [5, 5.41) is 9.05. The van der Waals surface area contributed by atoms with Crippen molar-refractivity contribution in [1.82, 2.24) is 19.7 Å². The Morgan fingerprint density at radius 1 is 1.30 bits per heavy atom. The van der Waals surface area contributed by atoms with Gasteiger partial charge < -0.3 is 14.3 Å². The Morgan fingerprint density at radius 2 is 2.00 bits per heavy atom. The fourth-order valence-electron chi connectivity index (χ4n) is 3.25. The number of esters is 1. The fourth-order valence-corrected chi connectivity index (χ4v) is 4.23. The van der Waals surface area contributed by atoms with Gasteiger partial charge >= 0.3 is 5.97 Å². The molecule has 0 saturated heterocycles. The van der Waals surface area contributed by atoms with E-state index in [4.69, 9.17) is 4.74 Å². The first-order chi connectivity index (χ1) is 12.9. The molecule has 1 aliphatic rings. The van der Waals surface area contributed by atoms with Crippen molar-refractivity contribution in [3.05, 3.63) is 28.3 Å². The van der Waals surface area contributed by atoms with E-state index in [1.165, 1.54) is 11.8 Å². The summed E-state index contributed by atoms with van der Waals surface area (Å²) in [6.45, 7) is 10.3. The van der Waals surface area contributed by atoms with E-state index in [9.17, 15) is 9.59 Å². The van der Waals surface area contributed by atoms with Crippen LogP contribution in [0.4, 0.5) is 0 Å². The Kier molecular flexibility index (Phi) is 5.74.